The number of thiazole rings is 2. The summed E-state index contributed by atoms with van der Waals surface area (Å²) >= 11 is 8.64. The molecule has 0 fully saturated rings. The van der Waals surface area contributed by atoms with Gasteiger partial charge in [-0.3, -0.25) is 4.57 Å². The maximum Gasteiger partial charge on any atom is 0.168 e. The molecule has 0 saturated heterocycles. The van der Waals surface area contributed by atoms with Crippen molar-refractivity contribution in [2.45, 2.75) is 0 Å². The molecule has 0 atom stereocenters. The van der Waals surface area contributed by atoms with E-state index in [2.05, 4.69) is 11.1 Å². The molecule has 2 heterocycles. The monoisotopic (exact) mass is 371 g/mol. The maximum atomic E-state index is 6.40. The van der Waals surface area contributed by atoms with Crippen LogP contribution in [-0.2, 0) is 0 Å². The van der Waals surface area contributed by atoms with Gasteiger partial charge < -0.3 is 10.5 Å². The SMILES string of the molecule is COc1ccc(-n2c(N)c(-c3nc4ccccc4s3)sc2=S)cc1. The summed E-state index contributed by atoms with van der Waals surface area (Å²) in [7, 11) is 1.64. The third-order valence-corrected chi connectivity index (χ3v) is 6.24. The summed E-state index contributed by atoms with van der Waals surface area (Å²) < 4.78 is 8.92. The van der Waals surface area contributed by atoms with E-state index in [1.54, 1.807) is 18.4 Å². The molecule has 4 nitrogen and oxygen atoms in total. The molecule has 0 amide bonds. The largest absolute Gasteiger partial charge is 0.497 e. The molecule has 120 valence electrons. The zero-order valence-electron chi connectivity index (χ0n) is 12.7. The second-order valence-corrected chi connectivity index (χ2v) is 7.78. The molecule has 2 aromatic carbocycles. The van der Waals surface area contributed by atoms with Gasteiger partial charge in [0.05, 0.1) is 17.3 Å². The summed E-state index contributed by atoms with van der Waals surface area (Å²) in [6.45, 7) is 0. The Morgan fingerprint density at radius 3 is 2.54 bits per heavy atom. The number of methoxy groups -OCH3 is 1. The van der Waals surface area contributed by atoms with Crippen molar-refractivity contribution in [3.05, 3.63) is 52.5 Å². The first kappa shape index (κ1) is 15.3. The number of aromatic nitrogens is 2. The zero-order valence-corrected chi connectivity index (χ0v) is 15.2. The van der Waals surface area contributed by atoms with Gasteiger partial charge in [0.1, 0.15) is 21.5 Å². The van der Waals surface area contributed by atoms with Crippen LogP contribution in [0.3, 0.4) is 0 Å². The Labute approximate surface area is 151 Å². The Bertz CT molecular complexity index is 1040. The number of para-hydroxylation sites is 1. The summed E-state index contributed by atoms with van der Waals surface area (Å²) in [4.78, 5) is 5.60. The lowest BCUT2D eigenvalue weighted by Gasteiger charge is -2.07. The normalized spacial score (nSPS) is 11.0. The van der Waals surface area contributed by atoms with Gasteiger partial charge in [-0.15, -0.1) is 11.3 Å². The summed E-state index contributed by atoms with van der Waals surface area (Å²) in [6, 6.07) is 15.7. The van der Waals surface area contributed by atoms with Gasteiger partial charge in [0, 0.05) is 5.69 Å². The molecule has 0 unspecified atom stereocenters. The van der Waals surface area contributed by atoms with Gasteiger partial charge in [0.25, 0.3) is 0 Å². The van der Waals surface area contributed by atoms with Gasteiger partial charge in [-0.1, -0.05) is 23.5 Å². The standard InChI is InChI=1S/C17H13N3OS3/c1-21-11-8-6-10(7-9-11)20-15(18)14(24-17(20)22)16-19-12-4-2-3-5-13(12)23-16/h2-9H,18H2,1H3. The van der Waals surface area contributed by atoms with Gasteiger partial charge in [-0.2, -0.15) is 0 Å². The molecule has 0 saturated carbocycles. The minimum absolute atomic E-state index is 0.620. The highest BCUT2D eigenvalue weighted by Gasteiger charge is 2.16. The number of nitrogen functional groups attached to an aromatic ring is 1. The van der Waals surface area contributed by atoms with Crippen molar-refractivity contribution in [2.24, 2.45) is 0 Å². The van der Waals surface area contributed by atoms with Crippen molar-refractivity contribution >= 4 is 50.9 Å². The third-order valence-electron chi connectivity index (χ3n) is 3.66. The van der Waals surface area contributed by atoms with Crippen molar-refractivity contribution in [1.29, 1.82) is 0 Å². The number of hydrogen-bond donors (Lipinski definition) is 1. The fourth-order valence-electron chi connectivity index (χ4n) is 2.48. The number of ether oxygens (including phenoxy) is 1. The lowest BCUT2D eigenvalue weighted by Crippen LogP contribution is -2.00. The van der Waals surface area contributed by atoms with Crippen molar-refractivity contribution < 1.29 is 4.74 Å². The Kier molecular flexibility index (Phi) is 3.84. The Balaban J connectivity index is 1.85. The number of benzene rings is 2. The van der Waals surface area contributed by atoms with Gasteiger partial charge in [0.15, 0.2) is 3.95 Å². The molecule has 0 radical (unpaired) electrons. The smallest absolute Gasteiger partial charge is 0.168 e. The van der Waals surface area contributed by atoms with Crippen molar-refractivity contribution in [3.8, 4) is 21.3 Å². The molecule has 0 spiro atoms. The van der Waals surface area contributed by atoms with Crippen LogP contribution in [-0.4, -0.2) is 16.7 Å². The topological polar surface area (TPSA) is 53.1 Å². The lowest BCUT2D eigenvalue weighted by molar-refractivity contribution is 0.415. The van der Waals surface area contributed by atoms with Crippen LogP contribution in [0.15, 0.2) is 48.5 Å². The van der Waals surface area contributed by atoms with E-state index < -0.39 is 0 Å². The highest BCUT2D eigenvalue weighted by molar-refractivity contribution is 7.73. The second-order valence-electron chi connectivity index (χ2n) is 5.10. The van der Waals surface area contributed by atoms with Crippen LogP contribution in [0.1, 0.15) is 0 Å². The van der Waals surface area contributed by atoms with Crippen LogP contribution in [0.25, 0.3) is 25.8 Å². The van der Waals surface area contributed by atoms with E-state index in [0.29, 0.717) is 9.77 Å². The number of nitrogens with two attached hydrogens (primary N) is 1. The highest BCUT2D eigenvalue weighted by atomic mass is 32.1. The average molecular weight is 372 g/mol. The minimum Gasteiger partial charge on any atom is -0.497 e. The number of fused-ring (bicyclic) bond motifs is 1. The van der Waals surface area contributed by atoms with E-state index in [0.717, 1.165) is 31.5 Å². The fourth-order valence-corrected chi connectivity index (χ4v) is 4.90. The van der Waals surface area contributed by atoms with Crippen LogP contribution in [0.2, 0.25) is 0 Å². The van der Waals surface area contributed by atoms with Crippen LogP contribution in [0, 0.1) is 3.95 Å². The van der Waals surface area contributed by atoms with Crippen LogP contribution >= 0.6 is 34.9 Å². The fraction of sp³-hybridized carbons (Fsp3) is 0.0588. The highest BCUT2D eigenvalue weighted by Crippen LogP contribution is 2.39. The zero-order chi connectivity index (χ0) is 16.7. The molecule has 0 bridgehead atoms. The minimum atomic E-state index is 0.620. The van der Waals surface area contributed by atoms with E-state index in [4.69, 9.17) is 22.7 Å². The molecule has 4 aromatic rings. The van der Waals surface area contributed by atoms with Gasteiger partial charge in [0.2, 0.25) is 0 Å². The maximum absolute atomic E-state index is 6.40. The molecule has 24 heavy (non-hydrogen) atoms. The van der Waals surface area contributed by atoms with Crippen molar-refractivity contribution in [3.63, 3.8) is 0 Å². The van der Waals surface area contributed by atoms with Crippen molar-refractivity contribution in [1.82, 2.24) is 9.55 Å². The number of nitrogens with zero attached hydrogens (tertiary/aromatic N) is 2. The van der Waals surface area contributed by atoms with Gasteiger partial charge in [-0.25, -0.2) is 4.98 Å². The molecule has 7 heteroatoms. The number of rotatable bonds is 3. The van der Waals surface area contributed by atoms with Crippen LogP contribution in [0.4, 0.5) is 5.82 Å². The van der Waals surface area contributed by atoms with E-state index in [9.17, 15) is 0 Å². The molecule has 0 aliphatic carbocycles. The van der Waals surface area contributed by atoms with Crippen molar-refractivity contribution in [2.75, 3.05) is 12.8 Å². The van der Waals surface area contributed by atoms with E-state index >= 15 is 0 Å². The summed E-state index contributed by atoms with van der Waals surface area (Å²) in [5, 5.41) is 0.900. The summed E-state index contributed by atoms with van der Waals surface area (Å²) in [5.41, 5.74) is 8.30. The summed E-state index contributed by atoms with van der Waals surface area (Å²) in [5.74, 6) is 1.42. The molecule has 4 rings (SSSR count). The second kappa shape index (κ2) is 6.01. The predicted molar refractivity (Wildman–Crippen MR) is 104 cm³/mol. The lowest BCUT2D eigenvalue weighted by atomic mass is 10.3. The van der Waals surface area contributed by atoms with Crippen LogP contribution < -0.4 is 10.5 Å². The summed E-state index contributed by atoms with van der Waals surface area (Å²) in [6.07, 6.45) is 0. The van der Waals surface area contributed by atoms with Gasteiger partial charge in [-0.05, 0) is 48.6 Å². The Morgan fingerprint density at radius 2 is 1.83 bits per heavy atom. The average Bonchev–Trinajstić information content (AvgIpc) is 3.15. The third kappa shape index (κ3) is 2.50. The predicted octanol–water partition coefficient (Wildman–Crippen LogP) is 5.14. The first-order valence-electron chi connectivity index (χ1n) is 7.19. The molecule has 2 aromatic heterocycles. The van der Waals surface area contributed by atoms with E-state index in [1.807, 2.05) is 47.0 Å². The number of hydrogen-bond acceptors (Lipinski definition) is 6. The van der Waals surface area contributed by atoms with E-state index in [1.165, 1.54) is 11.3 Å². The van der Waals surface area contributed by atoms with Gasteiger partial charge >= 0.3 is 0 Å². The first-order chi connectivity index (χ1) is 11.7. The Morgan fingerprint density at radius 1 is 1.08 bits per heavy atom. The van der Waals surface area contributed by atoms with Crippen LogP contribution in [0.5, 0.6) is 5.75 Å². The molecular weight excluding hydrogens is 358 g/mol. The molecular formula is C17H13N3OS3. The molecule has 0 aliphatic rings. The Hall–Kier alpha value is -2.22. The van der Waals surface area contributed by atoms with E-state index in [-0.39, 0.29) is 0 Å². The number of anilines is 1. The quantitative estimate of drug-likeness (QED) is 0.507. The molecule has 2 N–H and O–H groups in total. The first-order valence-corrected chi connectivity index (χ1v) is 9.23. The molecule has 0 aliphatic heterocycles.